The zero-order valence-electron chi connectivity index (χ0n) is 11.4. The summed E-state index contributed by atoms with van der Waals surface area (Å²) in [5.41, 5.74) is 2.05. The predicted molar refractivity (Wildman–Crippen MR) is 82.2 cm³/mol. The van der Waals surface area contributed by atoms with E-state index >= 15 is 0 Å². The molecule has 1 amide bonds. The topological polar surface area (TPSA) is 45.2 Å². The van der Waals surface area contributed by atoms with Crippen molar-refractivity contribution in [2.45, 2.75) is 26.3 Å². The van der Waals surface area contributed by atoms with Gasteiger partial charge in [0.1, 0.15) is 0 Å². The van der Waals surface area contributed by atoms with Crippen LogP contribution in [0.3, 0.4) is 0 Å². The van der Waals surface area contributed by atoms with E-state index in [9.17, 15) is 4.79 Å². The monoisotopic (exact) mass is 287 g/mol. The Morgan fingerprint density at radius 2 is 2.15 bits per heavy atom. The summed E-state index contributed by atoms with van der Waals surface area (Å²) in [4.78, 5) is 19.0. The van der Waals surface area contributed by atoms with Gasteiger partial charge in [0.25, 0.3) is 0 Å². The van der Waals surface area contributed by atoms with Crippen molar-refractivity contribution >= 4 is 28.6 Å². The number of hydrogen-bond donors (Lipinski definition) is 1. The lowest BCUT2D eigenvalue weighted by atomic mass is 10.2. The lowest BCUT2D eigenvalue weighted by Crippen LogP contribution is -2.23. The Morgan fingerprint density at radius 1 is 1.35 bits per heavy atom. The largest absolute Gasteiger partial charge is 0.380 e. The van der Waals surface area contributed by atoms with Crippen LogP contribution in [0.15, 0.2) is 30.5 Å². The van der Waals surface area contributed by atoms with E-state index in [1.165, 1.54) is 4.88 Å². The number of anilines is 2. The lowest BCUT2D eigenvalue weighted by molar-refractivity contribution is -0.117. The molecule has 104 valence electrons. The molecule has 0 bridgehead atoms. The van der Waals surface area contributed by atoms with E-state index < -0.39 is 0 Å². The van der Waals surface area contributed by atoms with Crippen LogP contribution in [0.2, 0.25) is 0 Å². The average Bonchev–Trinajstić information content (AvgIpc) is 3.06. The van der Waals surface area contributed by atoms with Crippen molar-refractivity contribution in [1.29, 1.82) is 0 Å². The molecule has 0 radical (unpaired) electrons. The summed E-state index contributed by atoms with van der Waals surface area (Å²) in [7, 11) is 0. The van der Waals surface area contributed by atoms with Crippen molar-refractivity contribution in [2.75, 3.05) is 16.8 Å². The zero-order valence-corrected chi connectivity index (χ0v) is 12.2. The standard InChI is InChI=1S/C15H17N3OS/c1-11-16-9-14(20-11)10-17-12-4-6-13(7-5-12)18-8-2-3-15(18)19/h4-7,9,17H,2-3,8,10H2,1H3. The van der Waals surface area contributed by atoms with Crippen molar-refractivity contribution in [3.63, 3.8) is 0 Å². The second kappa shape index (κ2) is 5.63. The highest BCUT2D eigenvalue weighted by molar-refractivity contribution is 7.11. The van der Waals surface area contributed by atoms with Gasteiger partial charge < -0.3 is 10.2 Å². The summed E-state index contributed by atoms with van der Waals surface area (Å²) in [5, 5.41) is 4.46. The summed E-state index contributed by atoms with van der Waals surface area (Å²) < 4.78 is 0. The number of carbonyl (C=O) groups excluding carboxylic acids is 1. The van der Waals surface area contributed by atoms with Gasteiger partial charge >= 0.3 is 0 Å². The van der Waals surface area contributed by atoms with Gasteiger partial charge in [-0.25, -0.2) is 4.98 Å². The average molecular weight is 287 g/mol. The molecule has 1 fully saturated rings. The number of rotatable bonds is 4. The smallest absolute Gasteiger partial charge is 0.227 e. The van der Waals surface area contributed by atoms with E-state index in [-0.39, 0.29) is 5.91 Å². The van der Waals surface area contributed by atoms with Crippen molar-refractivity contribution in [1.82, 2.24) is 4.98 Å². The lowest BCUT2D eigenvalue weighted by Gasteiger charge is -2.16. The molecule has 0 spiro atoms. The fraction of sp³-hybridized carbons (Fsp3) is 0.333. The summed E-state index contributed by atoms with van der Waals surface area (Å²) in [6, 6.07) is 8.05. The van der Waals surface area contributed by atoms with Gasteiger partial charge in [0.05, 0.1) is 11.6 Å². The molecule has 1 saturated heterocycles. The Morgan fingerprint density at radius 3 is 2.75 bits per heavy atom. The molecule has 1 aliphatic rings. The SMILES string of the molecule is Cc1ncc(CNc2ccc(N3CCCC3=O)cc2)s1. The summed E-state index contributed by atoms with van der Waals surface area (Å²) in [6.45, 7) is 3.63. The number of aryl methyl sites for hydroxylation is 1. The van der Waals surface area contributed by atoms with E-state index in [1.54, 1.807) is 11.3 Å². The fourth-order valence-electron chi connectivity index (χ4n) is 2.36. The molecule has 2 aromatic rings. The minimum Gasteiger partial charge on any atom is -0.380 e. The van der Waals surface area contributed by atoms with E-state index in [0.717, 1.165) is 35.9 Å². The Balaban J connectivity index is 1.62. The van der Waals surface area contributed by atoms with Gasteiger partial charge in [-0.15, -0.1) is 11.3 Å². The molecule has 20 heavy (non-hydrogen) atoms. The molecule has 1 aromatic carbocycles. The maximum atomic E-state index is 11.7. The van der Waals surface area contributed by atoms with Crippen molar-refractivity contribution in [3.05, 3.63) is 40.3 Å². The Labute approximate surface area is 122 Å². The third kappa shape index (κ3) is 2.82. The van der Waals surface area contributed by atoms with Crippen molar-refractivity contribution < 1.29 is 4.79 Å². The van der Waals surface area contributed by atoms with Crippen LogP contribution in [0.4, 0.5) is 11.4 Å². The minimum atomic E-state index is 0.228. The van der Waals surface area contributed by atoms with Gasteiger partial charge in [0.2, 0.25) is 5.91 Å². The fourth-order valence-corrected chi connectivity index (χ4v) is 3.09. The predicted octanol–water partition coefficient (Wildman–Crippen LogP) is 3.19. The first kappa shape index (κ1) is 13.1. The highest BCUT2D eigenvalue weighted by Gasteiger charge is 2.21. The van der Waals surface area contributed by atoms with Gasteiger partial charge in [-0.1, -0.05) is 0 Å². The van der Waals surface area contributed by atoms with Crippen LogP contribution in [-0.2, 0) is 11.3 Å². The molecular formula is C15H17N3OS. The first-order valence-corrected chi connectivity index (χ1v) is 7.59. The third-order valence-corrected chi connectivity index (χ3v) is 4.30. The first-order chi connectivity index (χ1) is 9.72. The number of nitrogens with one attached hydrogen (secondary N) is 1. The number of carbonyl (C=O) groups is 1. The van der Waals surface area contributed by atoms with Gasteiger partial charge in [-0.05, 0) is 37.6 Å². The van der Waals surface area contributed by atoms with Gasteiger partial charge in [-0.2, -0.15) is 0 Å². The molecular weight excluding hydrogens is 270 g/mol. The molecule has 0 aliphatic carbocycles. The van der Waals surface area contributed by atoms with E-state index in [4.69, 9.17) is 0 Å². The molecule has 0 saturated carbocycles. The maximum absolute atomic E-state index is 11.7. The third-order valence-electron chi connectivity index (χ3n) is 3.39. The molecule has 0 unspecified atom stereocenters. The first-order valence-electron chi connectivity index (χ1n) is 6.78. The Hall–Kier alpha value is -1.88. The van der Waals surface area contributed by atoms with Gasteiger partial charge in [0.15, 0.2) is 0 Å². The zero-order chi connectivity index (χ0) is 13.9. The molecule has 5 heteroatoms. The number of thiazole rings is 1. The number of benzene rings is 1. The molecule has 2 heterocycles. The number of amides is 1. The molecule has 3 rings (SSSR count). The molecule has 0 atom stereocenters. The van der Waals surface area contributed by atoms with Crippen LogP contribution in [0.5, 0.6) is 0 Å². The van der Waals surface area contributed by atoms with Crippen LogP contribution in [0.25, 0.3) is 0 Å². The maximum Gasteiger partial charge on any atom is 0.227 e. The van der Waals surface area contributed by atoms with E-state index in [1.807, 2.05) is 42.3 Å². The van der Waals surface area contributed by atoms with E-state index in [0.29, 0.717) is 6.42 Å². The molecule has 4 nitrogen and oxygen atoms in total. The highest BCUT2D eigenvalue weighted by atomic mass is 32.1. The summed E-state index contributed by atoms with van der Waals surface area (Å²) in [5.74, 6) is 0.228. The van der Waals surface area contributed by atoms with Crippen LogP contribution in [0, 0.1) is 6.92 Å². The molecule has 1 aromatic heterocycles. The van der Waals surface area contributed by atoms with Gasteiger partial charge in [0, 0.05) is 35.4 Å². The van der Waals surface area contributed by atoms with Crippen LogP contribution in [-0.4, -0.2) is 17.4 Å². The highest BCUT2D eigenvalue weighted by Crippen LogP contribution is 2.23. The van der Waals surface area contributed by atoms with Crippen molar-refractivity contribution in [3.8, 4) is 0 Å². The van der Waals surface area contributed by atoms with E-state index in [2.05, 4.69) is 10.3 Å². The van der Waals surface area contributed by atoms with Crippen LogP contribution in [0.1, 0.15) is 22.7 Å². The quantitative estimate of drug-likeness (QED) is 0.939. The number of aromatic nitrogens is 1. The second-order valence-corrected chi connectivity index (χ2v) is 6.21. The number of nitrogens with zero attached hydrogens (tertiary/aromatic N) is 2. The second-order valence-electron chi connectivity index (χ2n) is 4.89. The summed E-state index contributed by atoms with van der Waals surface area (Å²) >= 11 is 1.70. The number of hydrogen-bond acceptors (Lipinski definition) is 4. The summed E-state index contributed by atoms with van der Waals surface area (Å²) in [6.07, 6.45) is 3.54. The minimum absolute atomic E-state index is 0.228. The van der Waals surface area contributed by atoms with Crippen LogP contribution < -0.4 is 10.2 Å². The molecule has 1 aliphatic heterocycles. The van der Waals surface area contributed by atoms with Crippen molar-refractivity contribution in [2.24, 2.45) is 0 Å². The molecule has 1 N–H and O–H groups in total. The van der Waals surface area contributed by atoms with Crippen LogP contribution >= 0.6 is 11.3 Å². The van der Waals surface area contributed by atoms with Gasteiger partial charge in [-0.3, -0.25) is 4.79 Å². The normalized spacial score (nSPS) is 14.8. The Kier molecular flexibility index (Phi) is 3.69. The Bertz CT molecular complexity index is 606.